The van der Waals surface area contributed by atoms with Crippen LogP contribution in [0.5, 0.6) is 5.75 Å². The lowest BCUT2D eigenvalue weighted by atomic mass is 10.2. The van der Waals surface area contributed by atoms with Crippen LogP contribution in [0.4, 0.5) is 10.5 Å². The first-order valence-corrected chi connectivity index (χ1v) is 12.1. The summed E-state index contributed by atoms with van der Waals surface area (Å²) in [5.74, 6) is -0.811. The Labute approximate surface area is 218 Å². The summed E-state index contributed by atoms with van der Waals surface area (Å²) in [4.78, 5) is 51.1. The van der Waals surface area contributed by atoms with Gasteiger partial charge in [-0.25, -0.2) is 4.79 Å². The molecule has 3 aromatic rings. The van der Waals surface area contributed by atoms with Crippen molar-refractivity contribution in [1.82, 2.24) is 9.47 Å². The zero-order valence-corrected chi connectivity index (χ0v) is 21.5. The smallest absolute Gasteiger partial charge is 0.337 e. The number of amides is 3. The average Bonchev–Trinajstić information content (AvgIpc) is 3.32. The third-order valence-electron chi connectivity index (χ3n) is 5.83. The second-order valence-electron chi connectivity index (χ2n) is 8.25. The van der Waals surface area contributed by atoms with E-state index in [1.54, 1.807) is 55.7 Å². The quantitative estimate of drug-likeness (QED) is 0.360. The van der Waals surface area contributed by atoms with E-state index in [0.29, 0.717) is 17.0 Å². The molecule has 1 fully saturated rings. The third kappa shape index (κ3) is 5.44. The maximum atomic E-state index is 13.0. The summed E-state index contributed by atoms with van der Waals surface area (Å²) in [6, 6.07) is 15.7. The number of rotatable bonds is 7. The Kier molecular flexibility index (Phi) is 7.49. The van der Waals surface area contributed by atoms with Crippen LogP contribution in [0.15, 0.2) is 59.5 Å². The molecule has 0 saturated carbocycles. The highest BCUT2D eigenvalue weighted by Crippen LogP contribution is 2.34. The van der Waals surface area contributed by atoms with E-state index < -0.39 is 29.6 Å². The summed E-state index contributed by atoms with van der Waals surface area (Å²) in [7, 11) is 2.87. The van der Waals surface area contributed by atoms with Gasteiger partial charge in [-0.15, -0.1) is 0 Å². The maximum Gasteiger partial charge on any atom is 0.337 e. The number of ether oxygens (including phenoxy) is 2. The SMILES string of the molecule is COC(=O)c1cccc(-n2c(C)cc(/C=C3/SC(=O)N(CC(=O)Nc4ccc(OC)cc4)C3=O)c2C)c1. The van der Waals surface area contributed by atoms with Crippen molar-refractivity contribution >= 4 is 46.5 Å². The van der Waals surface area contributed by atoms with Gasteiger partial charge >= 0.3 is 5.97 Å². The summed E-state index contributed by atoms with van der Waals surface area (Å²) in [5.41, 5.74) is 4.16. The average molecular weight is 520 g/mol. The molecule has 4 rings (SSSR count). The molecule has 1 aliphatic rings. The van der Waals surface area contributed by atoms with Crippen LogP contribution < -0.4 is 10.1 Å². The summed E-state index contributed by atoms with van der Waals surface area (Å²) >= 11 is 0.790. The maximum absolute atomic E-state index is 13.0. The van der Waals surface area contributed by atoms with Gasteiger partial charge in [-0.05, 0) is 85.8 Å². The lowest BCUT2D eigenvalue weighted by Gasteiger charge is -2.12. The number of hydrogen-bond acceptors (Lipinski definition) is 7. The van der Waals surface area contributed by atoms with E-state index in [-0.39, 0.29) is 4.91 Å². The fourth-order valence-electron chi connectivity index (χ4n) is 4.02. The number of methoxy groups -OCH3 is 2. The second kappa shape index (κ2) is 10.8. The van der Waals surface area contributed by atoms with Gasteiger partial charge < -0.3 is 19.4 Å². The Morgan fingerprint density at radius 1 is 1.03 bits per heavy atom. The first-order chi connectivity index (χ1) is 17.7. The second-order valence-corrected chi connectivity index (χ2v) is 9.24. The van der Waals surface area contributed by atoms with Gasteiger partial charge in [0.2, 0.25) is 5.91 Å². The largest absolute Gasteiger partial charge is 0.497 e. The van der Waals surface area contributed by atoms with Crippen LogP contribution in [0, 0.1) is 13.8 Å². The lowest BCUT2D eigenvalue weighted by Crippen LogP contribution is -2.36. The van der Waals surface area contributed by atoms with Crippen LogP contribution in [0.2, 0.25) is 0 Å². The fourth-order valence-corrected chi connectivity index (χ4v) is 4.85. The molecular weight excluding hydrogens is 494 g/mol. The Balaban J connectivity index is 1.52. The number of aryl methyl sites for hydroxylation is 1. The number of carbonyl (C=O) groups excluding carboxylic acids is 4. The van der Waals surface area contributed by atoms with E-state index in [9.17, 15) is 19.2 Å². The topological polar surface area (TPSA) is 107 Å². The van der Waals surface area contributed by atoms with E-state index in [4.69, 9.17) is 9.47 Å². The van der Waals surface area contributed by atoms with E-state index in [0.717, 1.165) is 39.3 Å². The molecule has 9 nitrogen and oxygen atoms in total. The standard InChI is InChI=1S/C27H25N3O6S/c1-16-12-19(17(2)30(16)21-7-5-6-18(13-21)26(33)36-4)14-23-25(32)29(27(34)37-23)15-24(31)28-20-8-10-22(35-3)11-9-20/h5-14H,15H2,1-4H3,(H,28,31)/b23-14+. The van der Waals surface area contributed by atoms with E-state index in [1.165, 1.54) is 7.11 Å². The van der Waals surface area contributed by atoms with Gasteiger partial charge in [0.25, 0.3) is 11.1 Å². The van der Waals surface area contributed by atoms with Crippen LogP contribution >= 0.6 is 11.8 Å². The summed E-state index contributed by atoms with van der Waals surface area (Å²) < 4.78 is 11.9. The molecule has 1 N–H and O–H groups in total. The molecule has 2 heterocycles. The number of imide groups is 1. The van der Waals surface area contributed by atoms with Gasteiger partial charge in [0.1, 0.15) is 12.3 Å². The van der Waals surface area contributed by atoms with Crippen molar-refractivity contribution < 1.29 is 28.7 Å². The minimum absolute atomic E-state index is 0.228. The van der Waals surface area contributed by atoms with Crippen LogP contribution in [-0.4, -0.2) is 53.3 Å². The minimum atomic E-state index is -0.530. The Hall–Kier alpha value is -4.31. The fraction of sp³-hybridized carbons (Fsp3) is 0.185. The predicted octanol–water partition coefficient (Wildman–Crippen LogP) is 4.56. The number of carbonyl (C=O) groups is 4. The van der Waals surface area contributed by atoms with Gasteiger partial charge in [-0.2, -0.15) is 0 Å². The van der Waals surface area contributed by atoms with Gasteiger partial charge in [0.05, 0.1) is 24.7 Å². The molecule has 0 radical (unpaired) electrons. The van der Waals surface area contributed by atoms with E-state index in [2.05, 4.69) is 5.32 Å². The molecule has 0 aliphatic carbocycles. The number of thioether (sulfide) groups is 1. The Morgan fingerprint density at radius 3 is 2.43 bits per heavy atom. The molecule has 1 aromatic heterocycles. The molecular formula is C27H25N3O6S. The summed E-state index contributed by atoms with van der Waals surface area (Å²) in [5, 5.41) is 2.16. The van der Waals surface area contributed by atoms with Crippen LogP contribution in [0.25, 0.3) is 11.8 Å². The van der Waals surface area contributed by atoms with Gasteiger partial charge in [0, 0.05) is 22.8 Å². The van der Waals surface area contributed by atoms with Gasteiger partial charge in [-0.1, -0.05) is 6.07 Å². The Morgan fingerprint density at radius 2 is 1.76 bits per heavy atom. The highest BCUT2D eigenvalue weighted by atomic mass is 32.2. The molecule has 190 valence electrons. The minimum Gasteiger partial charge on any atom is -0.497 e. The van der Waals surface area contributed by atoms with Crippen molar-refractivity contribution in [2.75, 3.05) is 26.1 Å². The zero-order valence-electron chi connectivity index (χ0n) is 20.7. The molecule has 0 spiro atoms. The van der Waals surface area contributed by atoms with Crippen LogP contribution in [-0.2, 0) is 14.3 Å². The van der Waals surface area contributed by atoms with Crippen LogP contribution in [0.1, 0.15) is 27.3 Å². The van der Waals surface area contributed by atoms with Crippen molar-refractivity contribution in [1.29, 1.82) is 0 Å². The molecule has 10 heteroatoms. The van der Waals surface area contributed by atoms with Crippen molar-refractivity contribution in [3.8, 4) is 11.4 Å². The summed E-state index contributed by atoms with van der Waals surface area (Å²) in [6.45, 7) is 3.40. The van der Waals surface area contributed by atoms with E-state index in [1.807, 2.05) is 30.5 Å². The Bertz CT molecular complexity index is 1420. The molecule has 0 atom stereocenters. The van der Waals surface area contributed by atoms with Crippen LogP contribution in [0.3, 0.4) is 0 Å². The van der Waals surface area contributed by atoms with Crippen molar-refractivity contribution in [3.05, 3.63) is 82.0 Å². The molecule has 3 amide bonds. The van der Waals surface area contributed by atoms with E-state index >= 15 is 0 Å². The first kappa shape index (κ1) is 25.8. The molecule has 0 bridgehead atoms. The first-order valence-electron chi connectivity index (χ1n) is 11.3. The van der Waals surface area contributed by atoms with Crippen molar-refractivity contribution in [3.63, 3.8) is 0 Å². The highest BCUT2D eigenvalue weighted by Gasteiger charge is 2.36. The normalized spacial score (nSPS) is 14.3. The molecule has 37 heavy (non-hydrogen) atoms. The molecule has 1 aliphatic heterocycles. The number of nitrogens with one attached hydrogen (secondary N) is 1. The summed E-state index contributed by atoms with van der Waals surface area (Å²) in [6.07, 6.45) is 1.65. The van der Waals surface area contributed by atoms with Crippen molar-refractivity contribution in [2.24, 2.45) is 0 Å². The number of esters is 1. The lowest BCUT2D eigenvalue weighted by molar-refractivity contribution is -0.127. The zero-order chi connectivity index (χ0) is 26.7. The highest BCUT2D eigenvalue weighted by molar-refractivity contribution is 8.18. The number of benzene rings is 2. The number of aromatic nitrogens is 1. The third-order valence-corrected chi connectivity index (χ3v) is 6.74. The number of nitrogens with zero attached hydrogens (tertiary/aromatic N) is 2. The number of anilines is 1. The van der Waals surface area contributed by atoms with Crippen molar-refractivity contribution in [2.45, 2.75) is 13.8 Å². The molecule has 0 unspecified atom stereocenters. The monoisotopic (exact) mass is 519 g/mol. The molecule has 2 aromatic carbocycles. The molecule has 1 saturated heterocycles. The van der Waals surface area contributed by atoms with Gasteiger partial charge in [0.15, 0.2) is 0 Å². The predicted molar refractivity (Wildman–Crippen MR) is 141 cm³/mol. The van der Waals surface area contributed by atoms with Gasteiger partial charge in [-0.3, -0.25) is 19.3 Å². The number of hydrogen-bond donors (Lipinski definition) is 1.